The van der Waals surface area contributed by atoms with Gasteiger partial charge in [-0.25, -0.2) is 0 Å². The molecule has 0 aliphatic carbocycles. The summed E-state index contributed by atoms with van der Waals surface area (Å²) in [6.07, 6.45) is 0.546. The predicted octanol–water partition coefficient (Wildman–Crippen LogP) is 3.53. The first-order chi connectivity index (χ1) is 9.35. The molecule has 110 valence electrons. The van der Waals surface area contributed by atoms with Gasteiger partial charge in [-0.3, -0.25) is 14.9 Å². The number of hydrogen-bond acceptors (Lipinski definition) is 4. The maximum atomic E-state index is 11.0. The lowest BCUT2D eigenvalue weighted by Crippen LogP contribution is -2.31. The van der Waals surface area contributed by atoms with Crippen molar-refractivity contribution in [3.05, 3.63) is 33.9 Å². The van der Waals surface area contributed by atoms with Gasteiger partial charge in [0.2, 0.25) is 0 Å². The Balaban J connectivity index is 3.13. The summed E-state index contributed by atoms with van der Waals surface area (Å²) < 4.78 is 0. The summed E-state index contributed by atoms with van der Waals surface area (Å²) in [6, 6.07) is 4.73. The Bertz CT molecular complexity index is 474. The number of rotatable bonds is 7. The normalized spacial score (nSPS) is 10.9. The number of nitro groups is 1. The highest BCUT2D eigenvalue weighted by Gasteiger charge is 2.17. The molecule has 0 spiro atoms. The number of nitro benzene ring substituents is 1. The maximum Gasteiger partial charge on any atom is 0.280 e. The van der Waals surface area contributed by atoms with Crippen LogP contribution in [-0.4, -0.2) is 24.3 Å². The van der Waals surface area contributed by atoms with Crippen molar-refractivity contribution >= 4 is 17.7 Å². The van der Waals surface area contributed by atoms with Crippen molar-refractivity contribution in [2.24, 2.45) is 11.8 Å². The third kappa shape index (κ3) is 4.33. The highest BCUT2D eigenvalue weighted by Crippen LogP contribution is 2.25. The molecule has 5 heteroatoms. The van der Waals surface area contributed by atoms with Crippen LogP contribution in [0.4, 0.5) is 11.4 Å². The van der Waals surface area contributed by atoms with Gasteiger partial charge in [-0.1, -0.05) is 27.7 Å². The molecule has 0 fully saturated rings. The number of benzene rings is 1. The predicted molar refractivity (Wildman–Crippen MR) is 80.4 cm³/mol. The van der Waals surface area contributed by atoms with E-state index in [-0.39, 0.29) is 11.3 Å². The molecule has 0 aromatic heterocycles. The second-order valence-corrected chi connectivity index (χ2v) is 5.81. The van der Waals surface area contributed by atoms with Gasteiger partial charge in [0, 0.05) is 24.8 Å². The van der Waals surface area contributed by atoms with E-state index in [1.165, 1.54) is 6.07 Å². The van der Waals surface area contributed by atoms with E-state index in [9.17, 15) is 14.9 Å². The molecule has 0 bridgehead atoms. The van der Waals surface area contributed by atoms with Crippen LogP contribution >= 0.6 is 0 Å². The lowest BCUT2D eigenvalue weighted by Gasteiger charge is -2.28. The van der Waals surface area contributed by atoms with E-state index >= 15 is 0 Å². The molecule has 0 radical (unpaired) electrons. The third-order valence-electron chi connectivity index (χ3n) is 2.87. The molecule has 0 aliphatic rings. The van der Waals surface area contributed by atoms with Crippen molar-refractivity contribution in [1.82, 2.24) is 0 Å². The summed E-state index contributed by atoms with van der Waals surface area (Å²) in [5.74, 6) is 0.951. The summed E-state index contributed by atoms with van der Waals surface area (Å²) in [4.78, 5) is 23.5. The minimum Gasteiger partial charge on any atom is -0.371 e. The Kier molecular flexibility index (Phi) is 5.67. The molecule has 5 nitrogen and oxygen atoms in total. The van der Waals surface area contributed by atoms with Crippen molar-refractivity contribution in [1.29, 1.82) is 0 Å². The molecule has 0 saturated carbocycles. The van der Waals surface area contributed by atoms with Crippen molar-refractivity contribution in [3.8, 4) is 0 Å². The smallest absolute Gasteiger partial charge is 0.280 e. The van der Waals surface area contributed by atoms with Crippen LogP contribution in [0.2, 0.25) is 0 Å². The number of carbonyl (C=O) groups excluding carboxylic acids is 1. The molecular formula is C15H22N2O3. The Morgan fingerprint density at radius 2 is 1.75 bits per heavy atom. The van der Waals surface area contributed by atoms with E-state index in [0.717, 1.165) is 18.8 Å². The SMILES string of the molecule is CC(C)CN(CC(C)C)c1ccc([N+](=O)[O-])c(C=O)c1. The maximum absolute atomic E-state index is 11.0. The summed E-state index contributed by atoms with van der Waals surface area (Å²) in [7, 11) is 0. The van der Waals surface area contributed by atoms with Gasteiger partial charge in [0.25, 0.3) is 5.69 Å². The zero-order valence-corrected chi connectivity index (χ0v) is 12.5. The first-order valence-corrected chi connectivity index (χ1v) is 6.83. The van der Waals surface area contributed by atoms with Gasteiger partial charge in [0.05, 0.1) is 10.5 Å². The fourth-order valence-corrected chi connectivity index (χ4v) is 2.17. The second-order valence-electron chi connectivity index (χ2n) is 5.81. The van der Waals surface area contributed by atoms with Crippen molar-refractivity contribution in [2.75, 3.05) is 18.0 Å². The molecule has 1 aromatic carbocycles. The van der Waals surface area contributed by atoms with Crippen LogP contribution in [0.15, 0.2) is 18.2 Å². The molecule has 1 rings (SSSR count). The van der Waals surface area contributed by atoms with Gasteiger partial charge in [0.15, 0.2) is 6.29 Å². The highest BCUT2D eigenvalue weighted by molar-refractivity contribution is 5.83. The first kappa shape index (κ1) is 16.1. The molecule has 0 atom stereocenters. The van der Waals surface area contributed by atoms with Crippen LogP contribution in [0.3, 0.4) is 0 Å². The van der Waals surface area contributed by atoms with Gasteiger partial charge < -0.3 is 4.90 Å². The van der Waals surface area contributed by atoms with Gasteiger partial charge in [-0.2, -0.15) is 0 Å². The molecule has 0 saturated heterocycles. The molecule has 0 aliphatic heterocycles. The van der Waals surface area contributed by atoms with Crippen molar-refractivity contribution in [2.45, 2.75) is 27.7 Å². The lowest BCUT2D eigenvalue weighted by molar-refractivity contribution is -0.385. The number of aldehydes is 1. The molecule has 20 heavy (non-hydrogen) atoms. The Morgan fingerprint density at radius 3 is 2.15 bits per heavy atom. The van der Waals surface area contributed by atoms with E-state index in [0.29, 0.717) is 18.1 Å². The Morgan fingerprint density at radius 1 is 1.20 bits per heavy atom. The Labute approximate surface area is 119 Å². The number of hydrogen-bond donors (Lipinski definition) is 0. The van der Waals surface area contributed by atoms with Crippen LogP contribution < -0.4 is 4.90 Å². The largest absolute Gasteiger partial charge is 0.371 e. The van der Waals surface area contributed by atoms with E-state index in [2.05, 4.69) is 32.6 Å². The van der Waals surface area contributed by atoms with Gasteiger partial charge in [-0.15, -0.1) is 0 Å². The molecule has 0 unspecified atom stereocenters. The Hall–Kier alpha value is -1.91. The topological polar surface area (TPSA) is 63.4 Å². The minimum atomic E-state index is -0.525. The van der Waals surface area contributed by atoms with Crippen LogP contribution in [0.25, 0.3) is 0 Å². The zero-order chi connectivity index (χ0) is 15.3. The summed E-state index contributed by atoms with van der Waals surface area (Å²) in [6.45, 7) is 10.2. The minimum absolute atomic E-state index is 0.130. The second kappa shape index (κ2) is 7.03. The highest BCUT2D eigenvalue weighted by atomic mass is 16.6. The summed E-state index contributed by atoms with van der Waals surface area (Å²) in [5, 5.41) is 10.9. The quantitative estimate of drug-likeness (QED) is 0.435. The van der Waals surface area contributed by atoms with E-state index in [4.69, 9.17) is 0 Å². The van der Waals surface area contributed by atoms with Gasteiger partial charge >= 0.3 is 0 Å². The van der Waals surface area contributed by atoms with Crippen molar-refractivity contribution < 1.29 is 9.72 Å². The average molecular weight is 278 g/mol. The third-order valence-corrected chi connectivity index (χ3v) is 2.87. The first-order valence-electron chi connectivity index (χ1n) is 6.83. The van der Waals surface area contributed by atoms with E-state index < -0.39 is 4.92 Å². The van der Waals surface area contributed by atoms with Gasteiger partial charge in [0.1, 0.15) is 0 Å². The molecule has 0 N–H and O–H groups in total. The van der Waals surface area contributed by atoms with Crippen LogP contribution in [0.1, 0.15) is 38.1 Å². The number of anilines is 1. The van der Waals surface area contributed by atoms with Crippen LogP contribution in [0.5, 0.6) is 0 Å². The average Bonchev–Trinajstić information content (AvgIpc) is 2.35. The monoisotopic (exact) mass is 278 g/mol. The standard InChI is InChI=1S/C15H22N2O3/c1-11(2)8-16(9-12(3)4)14-5-6-15(17(19)20)13(7-14)10-18/h5-7,10-12H,8-9H2,1-4H3. The van der Waals surface area contributed by atoms with Crippen LogP contribution in [-0.2, 0) is 0 Å². The van der Waals surface area contributed by atoms with Crippen molar-refractivity contribution in [3.63, 3.8) is 0 Å². The number of carbonyl (C=O) groups is 1. The summed E-state index contributed by atoms with van der Waals surface area (Å²) in [5.41, 5.74) is 0.850. The fraction of sp³-hybridized carbons (Fsp3) is 0.533. The van der Waals surface area contributed by atoms with Crippen LogP contribution in [0, 0.1) is 22.0 Å². The molecule has 0 amide bonds. The summed E-state index contributed by atoms with van der Waals surface area (Å²) >= 11 is 0. The molecule has 0 heterocycles. The molecular weight excluding hydrogens is 256 g/mol. The zero-order valence-electron chi connectivity index (χ0n) is 12.5. The van der Waals surface area contributed by atoms with E-state index in [1.807, 2.05) is 0 Å². The number of nitrogens with zero attached hydrogens (tertiary/aromatic N) is 2. The molecule has 1 aromatic rings. The van der Waals surface area contributed by atoms with E-state index in [1.54, 1.807) is 12.1 Å². The fourth-order valence-electron chi connectivity index (χ4n) is 2.17. The van der Waals surface area contributed by atoms with Gasteiger partial charge in [-0.05, 0) is 24.0 Å². The lowest BCUT2D eigenvalue weighted by atomic mass is 10.1.